The van der Waals surface area contributed by atoms with Crippen molar-refractivity contribution in [2.45, 2.75) is 44.6 Å². The zero-order chi connectivity index (χ0) is 20.2. The number of aromatic nitrogens is 5. The van der Waals surface area contributed by atoms with Gasteiger partial charge in [-0.25, -0.2) is 9.97 Å². The molecule has 1 saturated heterocycles. The molecule has 0 saturated carbocycles. The van der Waals surface area contributed by atoms with Crippen LogP contribution in [0, 0.1) is 6.92 Å². The quantitative estimate of drug-likeness (QED) is 0.704. The van der Waals surface area contributed by atoms with E-state index in [2.05, 4.69) is 25.1 Å². The molecule has 2 N–H and O–H groups in total. The molecular formula is C20H24ClN7O. The predicted octanol–water partition coefficient (Wildman–Crippen LogP) is 2.89. The fourth-order valence-corrected chi connectivity index (χ4v) is 5.10. The summed E-state index contributed by atoms with van der Waals surface area (Å²) in [6.07, 6.45) is 6.24. The van der Waals surface area contributed by atoms with Gasteiger partial charge in [-0.3, -0.25) is 9.58 Å². The van der Waals surface area contributed by atoms with Crippen molar-refractivity contribution in [1.29, 1.82) is 0 Å². The summed E-state index contributed by atoms with van der Waals surface area (Å²) in [7, 11) is 1.85. The first-order valence-corrected chi connectivity index (χ1v) is 10.3. The number of likely N-dealkylation sites (tertiary alicyclic amines) is 1. The number of aryl methyl sites for hydroxylation is 3. The third kappa shape index (κ3) is 3.11. The Balaban J connectivity index is 1.45. The Morgan fingerprint density at radius 2 is 2.21 bits per heavy atom. The zero-order valence-electron chi connectivity index (χ0n) is 16.7. The van der Waals surface area contributed by atoms with E-state index in [1.54, 1.807) is 4.68 Å². The second kappa shape index (κ2) is 6.81. The fraction of sp³-hybridized carbons (Fsp3) is 0.500. The number of nitrogen functional groups attached to an aromatic ring is 1. The number of halogens is 1. The topological polar surface area (TPSA) is 98.9 Å². The monoisotopic (exact) mass is 413 g/mol. The SMILES string of the molecule is Cc1cc(-c2nn(C)c(Cl)c2CN2CCCC3(CCc4cnc(N)nc43)C2)no1. The molecule has 0 radical (unpaired) electrons. The van der Waals surface area contributed by atoms with Crippen molar-refractivity contribution in [3.63, 3.8) is 0 Å². The van der Waals surface area contributed by atoms with Gasteiger partial charge < -0.3 is 10.3 Å². The van der Waals surface area contributed by atoms with Crippen molar-refractivity contribution in [3.05, 3.63) is 40.0 Å². The van der Waals surface area contributed by atoms with Crippen LogP contribution >= 0.6 is 11.6 Å². The molecule has 1 fully saturated rings. The van der Waals surface area contributed by atoms with Crippen molar-refractivity contribution >= 4 is 17.5 Å². The molecule has 3 aromatic heterocycles. The Bertz CT molecular complexity index is 1070. The average Bonchev–Trinajstić information content (AvgIpc) is 3.35. The molecule has 2 aliphatic rings. The molecule has 152 valence electrons. The molecule has 8 nitrogen and oxygen atoms in total. The normalized spacial score (nSPS) is 21.8. The third-order valence-electron chi connectivity index (χ3n) is 6.24. The highest BCUT2D eigenvalue weighted by Crippen LogP contribution is 2.44. The van der Waals surface area contributed by atoms with Gasteiger partial charge in [0.1, 0.15) is 22.3 Å². The van der Waals surface area contributed by atoms with Gasteiger partial charge in [0.2, 0.25) is 5.95 Å². The van der Waals surface area contributed by atoms with Crippen LogP contribution in [0.2, 0.25) is 5.15 Å². The minimum Gasteiger partial charge on any atom is -0.368 e. The molecule has 0 bridgehead atoms. The van der Waals surface area contributed by atoms with E-state index in [-0.39, 0.29) is 5.41 Å². The highest BCUT2D eigenvalue weighted by molar-refractivity contribution is 6.30. The summed E-state index contributed by atoms with van der Waals surface area (Å²) in [6, 6.07) is 1.90. The van der Waals surface area contributed by atoms with E-state index in [0.717, 1.165) is 67.2 Å². The number of nitrogens with zero attached hydrogens (tertiary/aromatic N) is 6. The van der Waals surface area contributed by atoms with Crippen molar-refractivity contribution in [3.8, 4) is 11.4 Å². The summed E-state index contributed by atoms with van der Waals surface area (Å²) in [5.74, 6) is 1.12. The van der Waals surface area contributed by atoms with Crippen LogP contribution in [0.4, 0.5) is 5.95 Å². The van der Waals surface area contributed by atoms with Crippen LogP contribution in [-0.2, 0) is 25.4 Å². The lowest BCUT2D eigenvalue weighted by Crippen LogP contribution is -2.45. The summed E-state index contributed by atoms with van der Waals surface area (Å²) in [5, 5.41) is 9.38. The molecular weight excluding hydrogens is 390 g/mol. The number of piperidine rings is 1. The Kier molecular flexibility index (Phi) is 4.36. The Hall–Kier alpha value is -2.45. The fourth-order valence-electron chi connectivity index (χ4n) is 4.91. The van der Waals surface area contributed by atoms with E-state index in [4.69, 9.17) is 21.9 Å². The van der Waals surface area contributed by atoms with Crippen LogP contribution in [0.3, 0.4) is 0 Å². The molecule has 0 aromatic carbocycles. The molecule has 1 atom stereocenters. The largest absolute Gasteiger partial charge is 0.368 e. The van der Waals surface area contributed by atoms with Crippen molar-refractivity contribution in [2.24, 2.45) is 7.05 Å². The van der Waals surface area contributed by atoms with Gasteiger partial charge in [-0.1, -0.05) is 16.8 Å². The Labute approximate surface area is 174 Å². The summed E-state index contributed by atoms with van der Waals surface area (Å²) in [4.78, 5) is 11.3. The summed E-state index contributed by atoms with van der Waals surface area (Å²) >= 11 is 6.62. The molecule has 4 heterocycles. The predicted molar refractivity (Wildman–Crippen MR) is 109 cm³/mol. The molecule has 1 spiro atoms. The minimum absolute atomic E-state index is 0.0456. The van der Waals surface area contributed by atoms with E-state index < -0.39 is 0 Å². The Morgan fingerprint density at radius 1 is 1.34 bits per heavy atom. The molecule has 1 unspecified atom stereocenters. The van der Waals surface area contributed by atoms with E-state index >= 15 is 0 Å². The van der Waals surface area contributed by atoms with Crippen LogP contribution in [0.15, 0.2) is 16.8 Å². The second-order valence-electron chi connectivity index (χ2n) is 8.26. The lowest BCUT2D eigenvalue weighted by molar-refractivity contribution is 0.137. The molecule has 0 amide bonds. The summed E-state index contributed by atoms with van der Waals surface area (Å²) < 4.78 is 6.96. The van der Waals surface area contributed by atoms with Crippen LogP contribution in [-0.4, -0.2) is 42.9 Å². The number of hydrogen-bond acceptors (Lipinski definition) is 7. The van der Waals surface area contributed by atoms with E-state index in [0.29, 0.717) is 17.6 Å². The van der Waals surface area contributed by atoms with Crippen LogP contribution in [0.5, 0.6) is 0 Å². The van der Waals surface area contributed by atoms with Gasteiger partial charge in [-0.15, -0.1) is 0 Å². The minimum atomic E-state index is 0.0456. The number of rotatable bonds is 3. The van der Waals surface area contributed by atoms with Crippen molar-refractivity contribution < 1.29 is 4.52 Å². The molecule has 9 heteroatoms. The highest BCUT2D eigenvalue weighted by atomic mass is 35.5. The summed E-state index contributed by atoms with van der Waals surface area (Å²) in [6.45, 7) is 4.53. The third-order valence-corrected chi connectivity index (χ3v) is 6.71. The lowest BCUT2D eigenvalue weighted by Gasteiger charge is -2.40. The first kappa shape index (κ1) is 18.6. The standard InChI is InChI=1S/C20H24ClN7O/c1-12-8-15(26-29-12)16-14(18(21)27(2)25-16)10-28-7-3-5-20(11-28)6-4-13-9-23-19(22)24-17(13)20/h8-9H,3-7,10-11H2,1-2H3,(H2,22,23,24). The van der Waals surface area contributed by atoms with Gasteiger partial charge in [-0.2, -0.15) is 5.10 Å². The molecule has 1 aliphatic heterocycles. The zero-order valence-corrected chi connectivity index (χ0v) is 17.4. The molecule has 29 heavy (non-hydrogen) atoms. The van der Waals surface area contributed by atoms with Gasteiger partial charge in [0.25, 0.3) is 0 Å². The number of hydrogen-bond donors (Lipinski definition) is 1. The van der Waals surface area contributed by atoms with Gasteiger partial charge in [0.15, 0.2) is 0 Å². The molecule has 3 aromatic rings. The van der Waals surface area contributed by atoms with E-state index in [1.807, 2.05) is 26.2 Å². The van der Waals surface area contributed by atoms with E-state index in [9.17, 15) is 0 Å². The Morgan fingerprint density at radius 3 is 3.00 bits per heavy atom. The maximum atomic E-state index is 6.62. The van der Waals surface area contributed by atoms with Crippen LogP contribution < -0.4 is 5.73 Å². The highest BCUT2D eigenvalue weighted by Gasteiger charge is 2.44. The van der Waals surface area contributed by atoms with E-state index in [1.165, 1.54) is 5.56 Å². The maximum Gasteiger partial charge on any atom is 0.220 e. The average molecular weight is 414 g/mol. The van der Waals surface area contributed by atoms with Crippen LogP contribution in [0.1, 0.15) is 41.8 Å². The first-order valence-electron chi connectivity index (χ1n) is 9.94. The first-order chi connectivity index (χ1) is 13.9. The summed E-state index contributed by atoms with van der Waals surface area (Å²) in [5.41, 5.74) is 10.8. The molecule has 1 aliphatic carbocycles. The number of fused-ring (bicyclic) bond motifs is 2. The smallest absolute Gasteiger partial charge is 0.220 e. The lowest BCUT2D eigenvalue weighted by atomic mass is 9.77. The van der Waals surface area contributed by atoms with Gasteiger partial charge in [-0.05, 0) is 44.7 Å². The van der Waals surface area contributed by atoms with Crippen molar-refractivity contribution in [1.82, 2.24) is 29.8 Å². The van der Waals surface area contributed by atoms with Crippen molar-refractivity contribution in [2.75, 3.05) is 18.8 Å². The van der Waals surface area contributed by atoms with Gasteiger partial charge in [0.05, 0.1) is 5.69 Å². The second-order valence-corrected chi connectivity index (χ2v) is 8.62. The van der Waals surface area contributed by atoms with Crippen LogP contribution in [0.25, 0.3) is 11.4 Å². The van der Waals surface area contributed by atoms with Gasteiger partial charge >= 0.3 is 0 Å². The number of anilines is 1. The maximum absolute atomic E-state index is 6.62. The number of nitrogens with two attached hydrogens (primary N) is 1. The van der Waals surface area contributed by atoms with Gasteiger partial charge in [0, 0.05) is 43.4 Å². The molecule has 5 rings (SSSR count).